The Balaban J connectivity index is 1.46. The summed E-state index contributed by atoms with van der Waals surface area (Å²) in [4.78, 5) is 26.9. The molecule has 1 atom stereocenters. The third-order valence-electron chi connectivity index (χ3n) is 5.04. The maximum absolute atomic E-state index is 12.8. The van der Waals surface area contributed by atoms with E-state index in [0.29, 0.717) is 41.4 Å². The van der Waals surface area contributed by atoms with Crippen LogP contribution in [-0.2, 0) is 16.0 Å². The average molecular weight is 445 g/mol. The van der Waals surface area contributed by atoms with Crippen LogP contribution in [0.25, 0.3) is 0 Å². The number of rotatable bonds is 4. The molecule has 2 amide bonds. The maximum Gasteiger partial charge on any atom is 0.229 e. The smallest absolute Gasteiger partial charge is 0.229 e. The molecular weight excluding hydrogens is 424 g/mol. The Labute approximate surface area is 171 Å². The molecule has 0 spiro atoms. The highest BCUT2D eigenvalue weighted by atomic mass is 79.9. The lowest BCUT2D eigenvalue weighted by Crippen LogP contribution is -2.28. The summed E-state index contributed by atoms with van der Waals surface area (Å²) in [5.74, 6) is 0.626. The van der Waals surface area contributed by atoms with Crippen LogP contribution in [0.1, 0.15) is 18.9 Å². The van der Waals surface area contributed by atoms with Crippen molar-refractivity contribution >= 4 is 39.1 Å². The molecule has 2 heterocycles. The average Bonchev–Trinajstić information content (AvgIpc) is 3.10. The summed E-state index contributed by atoms with van der Waals surface area (Å²) in [6.45, 7) is 3.44. The van der Waals surface area contributed by atoms with Gasteiger partial charge in [0.05, 0.1) is 11.6 Å². The fourth-order valence-corrected chi connectivity index (χ4v) is 3.86. The first-order chi connectivity index (χ1) is 13.5. The van der Waals surface area contributed by atoms with Gasteiger partial charge in [0.1, 0.15) is 13.2 Å². The van der Waals surface area contributed by atoms with E-state index in [9.17, 15) is 9.59 Å². The van der Waals surface area contributed by atoms with Crippen molar-refractivity contribution in [3.8, 4) is 11.5 Å². The second kappa shape index (κ2) is 7.83. The third kappa shape index (κ3) is 3.71. The number of hydrogen-bond donors (Lipinski definition) is 1. The topological polar surface area (TPSA) is 67.9 Å². The monoisotopic (exact) mass is 444 g/mol. The maximum atomic E-state index is 12.8. The number of fused-ring (bicyclic) bond motifs is 1. The number of carbonyl (C=O) groups is 2. The van der Waals surface area contributed by atoms with Crippen molar-refractivity contribution in [1.82, 2.24) is 0 Å². The molecule has 2 aliphatic heterocycles. The van der Waals surface area contributed by atoms with Gasteiger partial charge in [0.15, 0.2) is 11.5 Å². The summed E-state index contributed by atoms with van der Waals surface area (Å²) < 4.78 is 11.8. The molecule has 0 bridgehead atoms. The van der Waals surface area contributed by atoms with E-state index >= 15 is 0 Å². The highest BCUT2D eigenvalue weighted by molar-refractivity contribution is 9.10. The van der Waals surface area contributed by atoms with Crippen LogP contribution in [0.15, 0.2) is 40.9 Å². The zero-order chi connectivity index (χ0) is 19.7. The Morgan fingerprint density at radius 3 is 2.54 bits per heavy atom. The molecule has 1 saturated heterocycles. The SMILES string of the molecule is CCc1ccc(N2CC(C(=O)Nc3cc4c(cc3Br)OCCO4)CC2=O)cc1. The lowest BCUT2D eigenvalue weighted by atomic mass is 10.1. The highest BCUT2D eigenvalue weighted by Gasteiger charge is 2.35. The molecule has 4 rings (SSSR count). The Morgan fingerprint density at radius 2 is 1.86 bits per heavy atom. The Hall–Kier alpha value is -2.54. The van der Waals surface area contributed by atoms with Crippen molar-refractivity contribution in [2.45, 2.75) is 19.8 Å². The van der Waals surface area contributed by atoms with E-state index in [1.165, 1.54) is 5.56 Å². The Bertz CT molecular complexity index is 913. The van der Waals surface area contributed by atoms with Crippen LogP contribution in [0.4, 0.5) is 11.4 Å². The third-order valence-corrected chi connectivity index (χ3v) is 5.70. The van der Waals surface area contributed by atoms with Crippen LogP contribution in [0, 0.1) is 5.92 Å². The first-order valence-electron chi connectivity index (χ1n) is 9.34. The molecule has 1 fully saturated rings. The minimum absolute atomic E-state index is 0.0364. The summed E-state index contributed by atoms with van der Waals surface area (Å²) in [5, 5.41) is 2.91. The molecule has 0 aromatic heterocycles. The van der Waals surface area contributed by atoms with E-state index < -0.39 is 5.92 Å². The number of nitrogens with zero attached hydrogens (tertiary/aromatic N) is 1. The van der Waals surface area contributed by atoms with Gasteiger partial charge in [-0.1, -0.05) is 19.1 Å². The van der Waals surface area contributed by atoms with Gasteiger partial charge < -0.3 is 19.7 Å². The number of carbonyl (C=O) groups excluding carboxylic acids is 2. The molecule has 2 aromatic carbocycles. The summed E-state index contributed by atoms with van der Waals surface area (Å²) in [6.07, 6.45) is 1.15. The van der Waals surface area contributed by atoms with Crippen LogP contribution in [0.3, 0.4) is 0 Å². The molecule has 2 aromatic rings. The largest absolute Gasteiger partial charge is 0.486 e. The van der Waals surface area contributed by atoms with Crippen molar-refractivity contribution in [2.75, 3.05) is 30.0 Å². The van der Waals surface area contributed by atoms with Gasteiger partial charge in [0.2, 0.25) is 11.8 Å². The molecule has 6 nitrogen and oxygen atoms in total. The molecule has 28 heavy (non-hydrogen) atoms. The minimum Gasteiger partial charge on any atom is -0.486 e. The summed E-state index contributed by atoms with van der Waals surface area (Å²) in [7, 11) is 0. The van der Waals surface area contributed by atoms with Crippen LogP contribution >= 0.6 is 15.9 Å². The fourth-order valence-electron chi connectivity index (χ4n) is 3.44. The zero-order valence-electron chi connectivity index (χ0n) is 15.5. The van der Waals surface area contributed by atoms with Gasteiger partial charge in [0, 0.05) is 35.3 Å². The van der Waals surface area contributed by atoms with Gasteiger partial charge in [0.25, 0.3) is 0 Å². The van der Waals surface area contributed by atoms with Gasteiger partial charge >= 0.3 is 0 Å². The molecule has 0 aliphatic carbocycles. The van der Waals surface area contributed by atoms with E-state index in [1.807, 2.05) is 24.3 Å². The van der Waals surface area contributed by atoms with Crippen molar-refractivity contribution in [1.29, 1.82) is 0 Å². The molecular formula is C21H21BrN2O4. The molecule has 1 N–H and O–H groups in total. The second-order valence-corrected chi connectivity index (χ2v) is 7.74. The number of nitrogens with one attached hydrogen (secondary N) is 1. The first kappa shape index (κ1) is 18.8. The zero-order valence-corrected chi connectivity index (χ0v) is 17.1. The summed E-state index contributed by atoms with van der Waals surface area (Å²) in [6, 6.07) is 11.4. The van der Waals surface area contributed by atoms with Gasteiger partial charge in [-0.3, -0.25) is 9.59 Å². The van der Waals surface area contributed by atoms with Gasteiger partial charge in [-0.2, -0.15) is 0 Å². The van der Waals surface area contributed by atoms with E-state index in [4.69, 9.17) is 9.47 Å². The van der Waals surface area contributed by atoms with Crippen molar-refractivity contribution in [3.05, 3.63) is 46.4 Å². The minimum atomic E-state index is -0.404. The van der Waals surface area contributed by atoms with Gasteiger partial charge in [-0.05, 0) is 40.0 Å². The molecule has 2 aliphatic rings. The van der Waals surface area contributed by atoms with Crippen molar-refractivity contribution in [2.24, 2.45) is 5.92 Å². The van der Waals surface area contributed by atoms with Crippen LogP contribution in [-0.4, -0.2) is 31.6 Å². The molecule has 7 heteroatoms. The van der Waals surface area contributed by atoms with Gasteiger partial charge in [-0.15, -0.1) is 0 Å². The molecule has 146 valence electrons. The number of aryl methyl sites for hydroxylation is 1. The first-order valence-corrected chi connectivity index (χ1v) is 10.1. The highest BCUT2D eigenvalue weighted by Crippen LogP contribution is 2.38. The number of ether oxygens (including phenoxy) is 2. The standard InChI is InChI=1S/C21H21BrN2O4/c1-2-13-3-5-15(6-4-13)24-12-14(9-20(24)25)21(26)23-17-11-19-18(10-16(17)22)27-7-8-28-19/h3-6,10-11,14H,2,7-9,12H2,1H3,(H,23,26). The van der Waals surface area contributed by atoms with Gasteiger partial charge in [-0.25, -0.2) is 0 Å². The van der Waals surface area contributed by atoms with Crippen LogP contribution < -0.4 is 19.7 Å². The lowest BCUT2D eigenvalue weighted by Gasteiger charge is -2.20. The molecule has 1 unspecified atom stereocenters. The summed E-state index contributed by atoms with van der Waals surface area (Å²) in [5.41, 5.74) is 2.65. The normalized spacial score (nSPS) is 18.3. The number of benzene rings is 2. The van der Waals surface area contributed by atoms with E-state index in [-0.39, 0.29) is 18.2 Å². The number of halogens is 1. The second-order valence-electron chi connectivity index (χ2n) is 6.89. The number of amides is 2. The number of hydrogen-bond acceptors (Lipinski definition) is 4. The van der Waals surface area contributed by atoms with E-state index in [1.54, 1.807) is 17.0 Å². The Kier molecular flexibility index (Phi) is 5.26. The van der Waals surface area contributed by atoms with Crippen LogP contribution in [0.2, 0.25) is 0 Å². The fraction of sp³-hybridized carbons (Fsp3) is 0.333. The molecule has 0 radical (unpaired) electrons. The van der Waals surface area contributed by atoms with Crippen molar-refractivity contribution < 1.29 is 19.1 Å². The lowest BCUT2D eigenvalue weighted by molar-refractivity contribution is -0.122. The Morgan fingerprint density at radius 1 is 1.18 bits per heavy atom. The van der Waals surface area contributed by atoms with E-state index in [2.05, 4.69) is 28.2 Å². The number of anilines is 2. The predicted octanol–water partition coefficient (Wildman–Crippen LogP) is 3.77. The molecule has 0 saturated carbocycles. The van der Waals surface area contributed by atoms with Crippen molar-refractivity contribution in [3.63, 3.8) is 0 Å². The quantitative estimate of drug-likeness (QED) is 0.778. The summed E-state index contributed by atoms with van der Waals surface area (Å²) >= 11 is 3.46. The predicted molar refractivity (Wildman–Crippen MR) is 110 cm³/mol. The van der Waals surface area contributed by atoms with E-state index in [0.717, 1.165) is 12.1 Å². The van der Waals surface area contributed by atoms with Crippen LogP contribution in [0.5, 0.6) is 11.5 Å².